The van der Waals surface area contributed by atoms with Crippen molar-refractivity contribution < 1.29 is 34.4 Å². The smallest absolute Gasteiger partial charge is 0.220 e. The lowest BCUT2D eigenvalue weighted by atomic mass is 9.96. The monoisotopic (exact) mass is 333 g/mol. The van der Waals surface area contributed by atoms with E-state index in [0.29, 0.717) is 6.42 Å². The fourth-order valence-electron chi connectivity index (χ4n) is 2.31. The quantitative estimate of drug-likeness (QED) is 0.453. The number of carbonyl (C=O) groups excluding carboxylic acids is 2. The number of rotatable bonds is 8. The second kappa shape index (κ2) is 9.29. The van der Waals surface area contributed by atoms with Gasteiger partial charge in [0.05, 0.1) is 12.7 Å². The molecular weight excluding hydrogens is 306 g/mol. The van der Waals surface area contributed by atoms with Gasteiger partial charge in [-0.15, -0.1) is 0 Å². The SMILES string of the molecule is CCC(=O)CCC(=O)N[C@H]1C(OC(C)C)O[C@H](CO)[C@@H](O)[C@@H]1O. The highest BCUT2D eigenvalue weighted by molar-refractivity contribution is 5.84. The number of nitrogens with one attached hydrogen (secondary N) is 1. The summed E-state index contributed by atoms with van der Waals surface area (Å²) < 4.78 is 10.9. The molecule has 0 aromatic rings. The van der Waals surface area contributed by atoms with E-state index in [2.05, 4.69) is 5.32 Å². The van der Waals surface area contributed by atoms with Gasteiger partial charge < -0.3 is 30.1 Å². The molecule has 4 N–H and O–H groups in total. The van der Waals surface area contributed by atoms with Crippen LogP contribution < -0.4 is 5.32 Å². The molecule has 0 saturated carbocycles. The Hall–Kier alpha value is -1.06. The number of Topliss-reactive ketones (excluding diaryl/α,β-unsaturated/α-hetero) is 1. The van der Waals surface area contributed by atoms with Gasteiger partial charge >= 0.3 is 0 Å². The Labute approximate surface area is 135 Å². The molecule has 8 nitrogen and oxygen atoms in total. The molecule has 134 valence electrons. The zero-order chi connectivity index (χ0) is 17.6. The Morgan fingerprint density at radius 3 is 2.39 bits per heavy atom. The first-order valence-electron chi connectivity index (χ1n) is 7.89. The minimum atomic E-state index is -1.35. The average molecular weight is 333 g/mol. The number of hydrogen-bond donors (Lipinski definition) is 4. The van der Waals surface area contributed by atoms with Crippen LogP contribution in [0.3, 0.4) is 0 Å². The summed E-state index contributed by atoms with van der Waals surface area (Å²) in [5, 5.41) is 31.9. The Balaban J connectivity index is 2.73. The van der Waals surface area contributed by atoms with Crippen LogP contribution in [-0.4, -0.2) is 70.4 Å². The van der Waals surface area contributed by atoms with Gasteiger partial charge in [0.2, 0.25) is 5.91 Å². The summed E-state index contributed by atoms with van der Waals surface area (Å²) >= 11 is 0. The Morgan fingerprint density at radius 1 is 1.22 bits per heavy atom. The molecule has 0 bridgehead atoms. The van der Waals surface area contributed by atoms with Crippen LogP contribution in [0.2, 0.25) is 0 Å². The van der Waals surface area contributed by atoms with Gasteiger partial charge in [0.25, 0.3) is 0 Å². The van der Waals surface area contributed by atoms with E-state index in [1.54, 1.807) is 20.8 Å². The van der Waals surface area contributed by atoms with Crippen LogP contribution in [0, 0.1) is 0 Å². The third kappa shape index (κ3) is 5.82. The first-order valence-corrected chi connectivity index (χ1v) is 7.89. The van der Waals surface area contributed by atoms with E-state index in [0.717, 1.165) is 0 Å². The number of carbonyl (C=O) groups is 2. The molecule has 0 spiro atoms. The summed E-state index contributed by atoms with van der Waals surface area (Å²) in [4.78, 5) is 23.2. The van der Waals surface area contributed by atoms with E-state index in [1.807, 2.05) is 0 Å². The molecule has 1 rings (SSSR count). The standard InChI is InChI=1S/C15H27NO7/c1-4-9(18)5-6-11(19)16-12-14(21)13(20)10(7-17)23-15(12)22-8(2)3/h8,10,12-15,17,20-21H,4-7H2,1-3H3,(H,16,19)/t10-,12-,13-,14-,15?/m1/s1. The molecule has 0 aromatic carbocycles. The predicted molar refractivity (Wildman–Crippen MR) is 80.4 cm³/mol. The number of ketones is 1. The lowest BCUT2D eigenvalue weighted by Gasteiger charge is -2.42. The highest BCUT2D eigenvalue weighted by Crippen LogP contribution is 2.23. The summed E-state index contributed by atoms with van der Waals surface area (Å²) in [6, 6.07) is -0.987. The molecule has 23 heavy (non-hydrogen) atoms. The lowest BCUT2D eigenvalue weighted by molar-refractivity contribution is -0.278. The summed E-state index contributed by atoms with van der Waals surface area (Å²) in [5.74, 6) is -0.470. The highest BCUT2D eigenvalue weighted by atomic mass is 16.7. The van der Waals surface area contributed by atoms with Crippen molar-refractivity contribution >= 4 is 11.7 Å². The zero-order valence-corrected chi connectivity index (χ0v) is 13.8. The van der Waals surface area contributed by atoms with Gasteiger partial charge in [-0.2, -0.15) is 0 Å². The van der Waals surface area contributed by atoms with Crippen LogP contribution in [0.25, 0.3) is 0 Å². The lowest BCUT2D eigenvalue weighted by Crippen LogP contribution is -2.65. The third-order valence-corrected chi connectivity index (χ3v) is 3.64. The maximum absolute atomic E-state index is 11.9. The molecule has 1 heterocycles. The third-order valence-electron chi connectivity index (χ3n) is 3.64. The molecule has 1 amide bonds. The van der Waals surface area contributed by atoms with Crippen LogP contribution in [0.4, 0.5) is 0 Å². The van der Waals surface area contributed by atoms with Crippen molar-refractivity contribution in [3.8, 4) is 0 Å². The number of amides is 1. The molecule has 1 fully saturated rings. The summed E-state index contributed by atoms with van der Waals surface area (Å²) in [6.45, 7) is 4.75. The summed E-state index contributed by atoms with van der Waals surface area (Å²) in [5.41, 5.74) is 0. The largest absolute Gasteiger partial charge is 0.394 e. The Morgan fingerprint density at radius 2 is 1.87 bits per heavy atom. The van der Waals surface area contributed by atoms with E-state index in [9.17, 15) is 24.9 Å². The van der Waals surface area contributed by atoms with Crippen LogP contribution >= 0.6 is 0 Å². The fourth-order valence-corrected chi connectivity index (χ4v) is 2.31. The van der Waals surface area contributed by atoms with E-state index in [1.165, 1.54) is 0 Å². The van der Waals surface area contributed by atoms with Crippen LogP contribution in [0.1, 0.15) is 40.0 Å². The minimum absolute atomic E-state index is 0.0101. The summed E-state index contributed by atoms with van der Waals surface area (Å²) in [6.07, 6.45) is -4.49. The maximum atomic E-state index is 11.9. The second-order valence-electron chi connectivity index (χ2n) is 5.88. The highest BCUT2D eigenvalue weighted by Gasteiger charge is 2.45. The van der Waals surface area contributed by atoms with Crippen molar-refractivity contribution in [3.05, 3.63) is 0 Å². The summed E-state index contributed by atoms with van der Waals surface area (Å²) in [7, 11) is 0. The average Bonchev–Trinajstić information content (AvgIpc) is 2.51. The topological polar surface area (TPSA) is 125 Å². The van der Waals surface area contributed by atoms with E-state index in [-0.39, 0.29) is 24.7 Å². The van der Waals surface area contributed by atoms with Crippen LogP contribution in [-0.2, 0) is 19.1 Å². The Kier molecular flexibility index (Phi) is 8.07. The number of aliphatic hydroxyl groups is 3. The van der Waals surface area contributed by atoms with Gasteiger partial charge in [-0.05, 0) is 13.8 Å². The maximum Gasteiger partial charge on any atom is 0.220 e. The van der Waals surface area contributed by atoms with Gasteiger partial charge in [-0.3, -0.25) is 9.59 Å². The molecule has 8 heteroatoms. The van der Waals surface area contributed by atoms with Crippen molar-refractivity contribution in [1.82, 2.24) is 5.32 Å². The first kappa shape index (κ1) is 20.0. The van der Waals surface area contributed by atoms with Gasteiger partial charge in [-0.25, -0.2) is 0 Å². The van der Waals surface area contributed by atoms with Crippen molar-refractivity contribution in [2.45, 2.75) is 76.8 Å². The van der Waals surface area contributed by atoms with Gasteiger partial charge in [0.15, 0.2) is 6.29 Å². The van der Waals surface area contributed by atoms with Gasteiger partial charge in [0.1, 0.15) is 30.1 Å². The molecule has 1 saturated heterocycles. The number of hydrogen-bond acceptors (Lipinski definition) is 7. The predicted octanol–water partition coefficient (Wildman–Crippen LogP) is -0.905. The minimum Gasteiger partial charge on any atom is -0.394 e. The number of aliphatic hydroxyl groups excluding tert-OH is 3. The van der Waals surface area contributed by atoms with E-state index < -0.39 is 43.2 Å². The molecule has 1 unspecified atom stereocenters. The van der Waals surface area contributed by atoms with Gasteiger partial charge in [0, 0.05) is 19.3 Å². The van der Waals surface area contributed by atoms with Crippen molar-refractivity contribution in [2.24, 2.45) is 0 Å². The molecule has 1 aliphatic rings. The molecule has 0 radical (unpaired) electrons. The second-order valence-corrected chi connectivity index (χ2v) is 5.88. The molecule has 1 aliphatic heterocycles. The molecule has 5 atom stereocenters. The fraction of sp³-hybridized carbons (Fsp3) is 0.867. The van der Waals surface area contributed by atoms with E-state index >= 15 is 0 Å². The zero-order valence-electron chi connectivity index (χ0n) is 13.8. The van der Waals surface area contributed by atoms with Crippen molar-refractivity contribution in [1.29, 1.82) is 0 Å². The van der Waals surface area contributed by atoms with Gasteiger partial charge in [-0.1, -0.05) is 6.92 Å². The van der Waals surface area contributed by atoms with Crippen LogP contribution in [0.15, 0.2) is 0 Å². The molecular formula is C15H27NO7. The molecule has 0 aliphatic carbocycles. The Bertz CT molecular complexity index is 401. The normalized spacial score (nSPS) is 31.2. The van der Waals surface area contributed by atoms with Crippen LogP contribution in [0.5, 0.6) is 0 Å². The van der Waals surface area contributed by atoms with Crippen molar-refractivity contribution in [3.63, 3.8) is 0 Å². The van der Waals surface area contributed by atoms with Crippen molar-refractivity contribution in [2.75, 3.05) is 6.61 Å². The first-order chi connectivity index (χ1) is 10.8. The van der Waals surface area contributed by atoms with E-state index in [4.69, 9.17) is 9.47 Å². The number of ether oxygens (including phenoxy) is 2. The molecule has 0 aromatic heterocycles.